The fraction of sp³-hybridized carbons (Fsp3) is 0.263. The van der Waals surface area contributed by atoms with E-state index in [1.807, 2.05) is 42.5 Å². The largest absolute Gasteiger partial charge is 0.482 e. The Bertz CT molecular complexity index is 799. The number of carbonyl (C=O) groups is 2. The maximum atomic E-state index is 12.3. The Morgan fingerprint density at radius 1 is 1.17 bits per heavy atom. The Balaban J connectivity index is 1.56. The van der Waals surface area contributed by atoms with Crippen LogP contribution in [-0.2, 0) is 11.3 Å². The van der Waals surface area contributed by atoms with Gasteiger partial charge in [-0.2, -0.15) is 0 Å². The summed E-state index contributed by atoms with van der Waals surface area (Å²) < 4.78 is 5.46. The first-order valence-electron chi connectivity index (χ1n) is 8.13. The number of benzene rings is 2. The quantitative estimate of drug-likeness (QED) is 0.941. The van der Waals surface area contributed by atoms with Crippen LogP contribution in [0, 0.1) is 0 Å². The van der Waals surface area contributed by atoms with E-state index in [9.17, 15) is 9.59 Å². The second-order valence-corrected chi connectivity index (χ2v) is 6.18. The third-order valence-electron chi connectivity index (χ3n) is 4.25. The molecule has 0 atom stereocenters. The van der Waals surface area contributed by atoms with Crippen molar-refractivity contribution in [2.24, 2.45) is 0 Å². The number of carbonyl (C=O) groups excluding carboxylic acids is 2. The molecule has 2 aromatic carbocycles. The van der Waals surface area contributed by atoms with Gasteiger partial charge in [0.05, 0.1) is 12.2 Å². The minimum Gasteiger partial charge on any atom is -0.482 e. The Labute approximate surface area is 140 Å². The lowest BCUT2D eigenvalue weighted by Gasteiger charge is -2.29. The van der Waals surface area contributed by atoms with E-state index in [0.29, 0.717) is 23.9 Å². The third-order valence-corrected chi connectivity index (χ3v) is 4.25. The van der Waals surface area contributed by atoms with Gasteiger partial charge in [-0.15, -0.1) is 0 Å². The molecule has 0 radical (unpaired) electrons. The molecule has 1 aliphatic carbocycles. The molecule has 24 heavy (non-hydrogen) atoms. The second-order valence-electron chi connectivity index (χ2n) is 6.18. The van der Waals surface area contributed by atoms with Gasteiger partial charge in [-0.05, 0) is 42.7 Å². The summed E-state index contributed by atoms with van der Waals surface area (Å²) in [7, 11) is 0. The topological polar surface area (TPSA) is 58.6 Å². The van der Waals surface area contributed by atoms with Crippen LogP contribution in [0.3, 0.4) is 0 Å². The molecule has 1 aliphatic heterocycles. The number of fused-ring (bicyclic) bond motifs is 1. The number of hydrogen-bond acceptors (Lipinski definition) is 3. The zero-order valence-corrected chi connectivity index (χ0v) is 13.2. The van der Waals surface area contributed by atoms with Crippen LogP contribution in [-0.4, -0.2) is 24.5 Å². The van der Waals surface area contributed by atoms with Crippen LogP contribution in [0.5, 0.6) is 5.75 Å². The highest BCUT2D eigenvalue weighted by molar-refractivity contribution is 5.98. The smallest absolute Gasteiger partial charge is 0.265 e. The normalized spacial score (nSPS) is 16.3. The fourth-order valence-electron chi connectivity index (χ4n) is 2.82. The highest BCUT2D eigenvalue weighted by Crippen LogP contribution is 2.32. The van der Waals surface area contributed by atoms with Gasteiger partial charge in [0.1, 0.15) is 5.75 Å². The summed E-state index contributed by atoms with van der Waals surface area (Å²) in [4.78, 5) is 26.2. The molecule has 0 aromatic heterocycles. The molecule has 2 amide bonds. The molecule has 122 valence electrons. The summed E-state index contributed by atoms with van der Waals surface area (Å²) in [5, 5.41) is 2.99. The van der Waals surface area contributed by atoms with Crippen LogP contribution in [0.25, 0.3) is 0 Å². The molecule has 0 saturated heterocycles. The Morgan fingerprint density at radius 2 is 2.00 bits per heavy atom. The zero-order chi connectivity index (χ0) is 16.5. The van der Waals surface area contributed by atoms with E-state index >= 15 is 0 Å². The lowest BCUT2D eigenvalue weighted by molar-refractivity contribution is -0.121. The molecule has 5 nitrogen and oxygen atoms in total. The molecule has 2 aromatic rings. The van der Waals surface area contributed by atoms with Gasteiger partial charge >= 0.3 is 0 Å². The molecule has 0 bridgehead atoms. The van der Waals surface area contributed by atoms with E-state index < -0.39 is 0 Å². The van der Waals surface area contributed by atoms with Crippen LogP contribution in [0.1, 0.15) is 28.8 Å². The van der Waals surface area contributed by atoms with Crippen LogP contribution in [0.4, 0.5) is 5.69 Å². The van der Waals surface area contributed by atoms with Gasteiger partial charge in [-0.25, -0.2) is 0 Å². The van der Waals surface area contributed by atoms with Crippen molar-refractivity contribution in [2.75, 3.05) is 11.5 Å². The summed E-state index contributed by atoms with van der Waals surface area (Å²) in [6.45, 7) is 0.461. The van der Waals surface area contributed by atoms with Crippen molar-refractivity contribution >= 4 is 17.5 Å². The van der Waals surface area contributed by atoms with E-state index in [1.165, 1.54) is 0 Å². The predicted molar refractivity (Wildman–Crippen MR) is 90.1 cm³/mol. The monoisotopic (exact) mass is 322 g/mol. The van der Waals surface area contributed by atoms with Crippen LogP contribution in [0.15, 0.2) is 48.5 Å². The van der Waals surface area contributed by atoms with Crippen LogP contribution < -0.4 is 15.0 Å². The van der Waals surface area contributed by atoms with E-state index in [0.717, 1.165) is 24.1 Å². The van der Waals surface area contributed by atoms with Gasteiger partial charge < -0.3 is 15.0 Å². The molecule has 2 aliphatic rings. The van der Waals surface area contributed by atoms with Gasteiger partial charge in [0.15, 0.2) is 6.61 Å². The van der Waals surface area contributed by atoms with E-state index in [4.69, 9.17) is 4.74 Å². The lowest BCUT2D eigenvalue weighted by Crippen LogP contribution is -2.38. The third kappa shape index (κ3) is 2.97. The van der Waals surface area contributed by atoms with E-state index in [-0.39, 0.29) is 18.4 Å². The van der Waals surface area contributed by atoms with Crippen molar-refractivity contribution in [2.45, 2.75) is 25.4 Å². The Morgan fingerprint density at radius 3 is 2.83 bits per heavy atom. The number of anilines is 1. The SMILES string of the molecule is O=C(NC1CC1)c1cccc(CN2C(=O)COc3ccccc32)c1. The number of rotatable bonds is 4. The molecule has 1 N–H and O–H groups in total. The van der Waals surface area contributed by atoms with Gasteiger partial charge in [-0.1, -0.05) is 24.3 Å². The zero-order valence-electron chi connectivity index (χ0n) is 13.2. The fourth-order valence-corrected chi connectivity index (χ4v) is 2.82. The minimum absolute atomic E-state index is 0.0405. The average molecular weight is 322 g/mol. The summed E-state index contributed by atoms with van der Waals surface area (Å²) in [6.07, 6.45) is 2.12. The van der Waals surface area contributed by atoms with Crippen molar-refractivity contribution in [1.82, 2.24) is 5.32 Å². The lowest BCUT2D eigenvalue weighted by atomic mass is 10.1. The van der Waals surface area contributed by atoms with Crippen molar-refractivity contribution in [3.8, 4) is 5.75 Å². The van der Waals surface area contributed by atoms with Gasteiger partial charge in [0.2, 0.25) is 0 Å². The first-order valence-corrected chi connectivity index (χ1v) is 8.13. The molecular formula is C19H18N2O3. The average Bonchev–Trinajstić information content (AvgIpc) is 3.42. The van der Waals surface area contributed by atoms with Gasteiger partial charge in [-0.3, -0.25) is 9.59 Å². The Kier molecular flexibility index (Phi) is 3.69. The molecule has 1 saturated carbocycles. The Hall–Kier alpha value is -2.82. The summed E-state index contributed by atoms with van der Waals surface area (Å²) in [5.41, 5.74) is 2.32. The van der Waals surface area contributed by atoms with Crippen molar-refractivity contribution < 1.29 is 14.3 Å². The maximum Gasteiger partial charge on any atom is 0.265 e. The van der Waals surface area contributed by atoms with E-state index in [1.54, 1.807) is 11.0 Å². The minimum atomic E-state index is -0.0819. The number of para-hydroxylation sites is 2. The van der Waals surface area contributed by atoms with Crippen molar-refractivity contribution in [1.29, 1.82) is 0 Å². The highest BCUT2D eigenvalue weighted by atomic mass is 16.5. The number of hydrogen-bond donors (Lipinski definition) is 1. The molecule has 0 spiro atoms. The van der Waals surface area contributed by atoms with Crippen LogP contribution in [0.2, 0.25) is 0 Å². The molecule has 0 unspecified atom stereocenters. The standard InChI is InChI=1S/C19H18N2O3/c22-18-12-24-17-7-2-1-6-16(17)21(18)11-13-4-3-5-14(10-13)19(23)20-15-8-9-15/h1-7,10,15H,8-9,11-12H2,(H,20,23). The van der Waals surface area contributed by atoms with Gasteiger partial charge in [0, 0.05) is 11.6 Å². The maximum absolute atomic E-state index is 12.3. The first-order chi connectivity index (χ1) is 11.7. The molecule has 1 heterocycles. The van der Waals surface area contributed by atoms with Crippen molar-refractivity contribution in [3.63, 3.8) is 0 Å². The first kappa shape index (κ1) is 14.8. The predicted octanol–water partition coefficient (Wildman–Crippen LogP) is 2.50. The molecule has 4 rings (SSSR count). The van der Waals surface area contributed by atoms with E-state index in [2.05, 4.69) is 5.32 Å². The van der Waals surface area contributed by atoms with Crippen molar-refractivity contribution in [3.05, 3.63) is 59.7 Å². The summed E-state index contributed by atoms with van der Waals surface area (Å²) >= 11 is 0. The molecular weight excluding hydrogens is 304 g/mol. The molecule has 5 heteroatoms. The summed E-state index contributed by atoms with van der Waals surface area (Å²) in [6, 6.07) is 15.3. The summed E-state index contributed by atoms with van der Waals surface area (Å²) in [5.74, 6) is 0.578. The highest BCUT2D eigenvalue weighted by Gasteiger charge is 2.26. The second kappa shape index (κ2) is 6.00. The number of nitrogens with one attached hydrogen (secondary N) is 1. The van der Waals surface area contributed by atoms with Crippen LogP contribution >= 0.6 is 0 Å². The number of ether oxygens (including phenoxy) is 1. The molecule has 1 fully saturated rings. The number of nitrogens with zero attached hydrogens (tertiary/aromatic N) is 1. The van der Waals surface area contributed by atoms with Gasteiger partial charge in [0.25, 0.3) is 11.8 Å². The number of amides is 2.